The lowest BCUT2D eigenvalue weighted by Crippen LogP contribution is -2.57. The van der Waals surface area contributed by atoms with Crippen molar-refractivity contribution in [2.45, 2.75) is 39.4 Å². The third kappa shape index (κ3) is 3.44. The standard InChI is InChI=1S/C13H22N2O3/c1-9(2)11(5-14)12(17)15-6-10(7-16)18-13(3,4)8-15/h9-11,16H,6-8H2,1-4H3. The molecular weight excluding hydrogens is 232 g/mol. The second-order valence-electron chi connectivity index (χ2n) is 5.75. The molecule has 1 saturated heterocycles. The van der Waals surface area contributed by atoms with Gasteiger partial charge in [-0.2, -0.15) is 5.26 Å². The molecule has 1 aliphatic rings. The number of amides is 1. The number of hydrogen-bond donors (Lipinski definition) is 1. The predicted molar refractivity (Wildman–Crippen MR) is 66.6 cm³/mol. The van der Waals surface area contributed by atoms with E-state index in [1.807, 2.05) is 27.7 Å². The summed E-state index contributed by atoms with van der Waals surface area (Å²) in [7, 11) is 0. The summed E-state index contributed by atoms with van der Waals surface area (Å²) in [6.07, 6.45) is -0.371. The van der Waals surface area contributed by atoms with E-state index in [1.54, 1.807) is 4.90 Å². The number of nitriles is 1. The smallest absolute Gasteiger partial charge is 0.240 e. The first-order valence-corrected chi connectivity index (χ1v) is 6.28. The van der Waals surface area contributed by atoms with E-state index in [-0.39, 0.29) is 24.5 Å². The van der Waals surface area contributed by atoms with Crippen LogP contribution >= 0.6 is 0 Å². The molecule has 1 fully saturated rings. The van der Waals surface area contributed by atoms with Gasteiger partial charge in [-0.25, -0.2) is 0 Å². The summed E-state index contributed by atoms with van der Waals surface area (Å²) in [5.41, 5.74) is -0.488. The first kappa shape index (κ1) is 14.9. The van der Waals surface area contributed by atoms with Crippen LogP contribution in [0.25, 0.3) is 0 Å². The van der Waals surface area contributed by atoms with E-state index in [2.05, 4.69) is 6.07 Å². The zero-order valence-corrected chi connectivity index (χ0v) is 11.5. The molecule has 5 nitrogen and oxygen atoms in total. The van der Waals surface area contributed by atoms with Gasteiger partial charge in [-0.3, -0.25) is 4.79 Å². The number of morpholine rings is 1. The lowest BCUT2D eigenvalue weighted by Gasteiger charge is -2.43. The fraction of sp³-hybridized carbons (Fsp3) is 0.846. The molecule has 0 bridgehead atoms. The average Bonchev–Trinajstić information content (AvgIpc) is 2.27. The first-order chi connectivity index (χ1) is 8.30. The van der Waals surface area contributed by atoms with E-state index in [4.69, 9.17) is 10.00 Å². The van der Waals surface area contributed by atoms with Crippen molar-refractivity contribution in [3.8, 4) is 6.07 Å². The van der Waals surface area contributed by atoms with Gasteiger partial charge in [0.05, 0.1) is 24.4 Å². The molecule has 18 heavy (non-hydrogen) atoms. The van der Waals surface area contributed by atoms with Crippen molar-refractivity contribution in [2.24, 2.45) is 11.8 Å². The molecule has 0 aromatic rings. The van der Waals surface area contributed by atoms with Crippen LogP contribution in [0.3, 0.4) is 0 Å². The van der Waals surface area contributed by atoms with Crippen molar-refractivity contribution in [3.05, 3.63) is 0 Å². The summed E-state index contributed by atoms with van der Waals surface area (Å²) in [5.74, 6) is -0.804. The van der Waals surface area contributed by atoms with E-state index in [1.165, 1.54) is 0 Å². The summed E-state index contributed by atoms with van der Waals surface area (Å²) in [5, 5.41) is 18.3. The molecular formula is C13H22N2O3. The van der Waals surface area contributed by atoms with E-state index in [0.29, 0.717) is 13.1 Å². The molecule has 0 radical (unpaired) electrons. The van der Waals surface area contributed by atoms with Gasteiger partial charge < -0.3 is 14.7 Å². The van der Waals surface area contributed by atoms with Crippen LogP contribution in [0.1, 0.15) is 27.7 Å². The highest BCUT2D eigenvalue weighted by Crippen LogP contribution is 2.23. The molecule has 1 N–H and O–H groups in total. The highest BCUT2D eigenvalue weighted by Gasteiger charge is 2.38. The second-order valence-corrected chi connectivity index (χ2v) is 5.75. The molecule has 102 valence electrons. The molecule has 0 spiro atoms. The van der Waals surface area contributed by atoms with Crippen LogP contribution in [-0.4, -0.2) is 47.3 Å². The minimum Gasteiger partial charge on any atom is -0.394 e. The monoisotopic (exact) mass is 254 g/mol. The van der Waals surface area contributed by atoms with Gasteiger partial charge in [0.15, 0.2) is 0 Å². The number of hydrogen-bond acceptors (Lipinski definition) is 4. The van der Waals surface area contributed by atoms with Crippen molar-refractivity contribution < 1.29 is 14.6 Å². The number of aliphatic hydroxyl groups is 1. The summed E-state index contributed by atoms with van der Waals surface area (Å²) in [6, 6.07) is 2.06. The molecule has 0 aromatic heterocycles. The zero-order valence-electron chi connectivity index (χ0n) is 11.5. The number of carbonyl (C=O) groups excluding carboxylic acids is 1. The van der Waals surface area contributed by atoms with E-state index in [0.717, 1.165) is 0 Å². The highest BCUT2D eigenvalue weighted by molar-refractivity contribution is 5.81. The van der Waals surface area contributed by atoms with E-state index >= 15 is 0 Å². The molecule has 2 atom stereocenters. The fourth-order valence-corrected chi connectivity index (χ4v) is 2.24. The molecule has 1 amide bonds. The second kappa shape index (κ2) is 5.68. The number of ether oxygens (including phenoxy) is 1. The van der Waals surface area contributed by atoms with Gasteiger partial charge in [-0.1, -0.05) is 13.8 Å². The molecule has 0 aromatic carbocycles. The normalized spacial score (nSPS) is 24.7. The Morgan fingerprint density at radius 1 is 1.61 bits per heavy atom. The predicted octanol–water partition coefficient (Wildman–Crippen LogP) is 0.780. The molecule has 2 unspecified atom stereocenters. The van der Waals surface area contributed by atoms with Crippen LogP contribution in [0.4, 0.5) is 0 Å². The van der Waals surface area contributed by atoms with Gasteiger partial charge >= 0.3 is 0 Å². The van der Waals surface area contributed by atoms with Gasteiger partial charge in [-0.05, 0) is 19.8 Å². The Labute approximate surface area is 108 Å². The maximum Gasteiger partial charge on any atom is 0.240 e. The van der Waals surface area contributed by atoms with Crippen LogP contribution in [0, 0.1) is 23.2 Å². The van der Waals surface area contributed by atoms with Gasteiger partial charge in [-0.15, -0.1) is 0 Å². The maximum absolute atomic E-state index is 12.3. The Balaban J connectivity index is 2.82. The van der Waals surface area contributed by atoms with Crippen molar-refractivity contribution in [3.63, 3.8) is 0 Å². The number of carbonyl (C=O) groups is 1. The summed E-state index contributed by atoms with van der Waals surface area (Å²) < 4.78 is 5.65. The Kier molecular flexibility index (Phi) is 4.71. The van der Waals surface area contributed by atoms with Gasteiger partial charge in [0.25, 0.3) is 0 Å². The van der Waals surface area contributed by atoms with E-state index < -0.39 is 11.5 Å². The molecule has 1 rings (SSSR count). The Morgan fingerprint density at radius 2 is 2.22 bits per heavy atom. The number of aliphatic hydroxyl groups excluding tert-OH is 1. The zero-order chi connectivity index (χ0) is 13.9. The summed E-state index contributed by atoms with van der Waals surface area (Å²) >= 11 is 0. The lowest BCUT2D eigenvalue weighted by molar-refractivity contribution is -0.169. The van der Waals surface area contributed by atoms with Crippen LogP contribution in [0.2, 0.25) is 0 Å². The quantitative estimate of drug-likeness (QED) is 0.807. The number of rotatable bonds is 3. The minimum atomic E-state index is -0.627. The Morgan fingerprint density at radius 3 is 2.67 bits per heavy atom. The van der Waals surface area contributed by atoms with Gasteiger partial charge in [0.2, 0.25) is 5.91 Å². The van der Waals surface area contributed by atoms with Crippen molar-refractivity contribution in [2.75, 3.05) is 19.7 Å². The van der Waals surface area contributed by atoms with Crippen LogP contribution < -0.4 is 0 Å². The lowest BCUT2D eigenvalue weighted by atomic mass is 9.94. The SMILES string of the molecule is CC(C)C(C#N)C(=O)N1CC(CO)OC(C)(C)C1. The van der Waals surface area contributed by atoms with Crippen molar-refractivity contribution in [1.82, 2.24) is 4.90 Å². The summed E-state index contributed by atoms with van der Waals surface area (Å²) in [4.78, 5) is 13.9. The van der Waals surface area contributed by atoms with Gasteiger partial charge in [0.1, 0.15) is 5.92 Å². The number of nitrogens with zero attached hydrogens (tertiary/aromatic N) is 2. The van der Waals surface area contributed by atoms with Crippen molar-refractivity contribution >= 4 is 5.91 Å². The topological polar surface area (TPSA) is 73.6 Å². The molecule has 1 heterocycles. The maximum atomic E-state index is 12.3. The van der Waals surface area contributed by atoms with Crippen LogP contribution in [0.15, 0.2) is 0 Å². The Bertz CT molecular complexity index is 347. The summed E-state index contributed by atoms with van der Waals surface area (Å²) in [6.45, 7) is 8.17. The molecule has 0 aliphatic carbocycles. The van der Waals surface area contributed by atoms with Crippen LogP contribution in [0.5, 0.6) is 0 Å². The van der Waals surface area contributed by atoms with Gasteiger partial charge in [0, 0.05) is 13.1 Å². The highest BCUT2D eigenvalue weighted by atomic mass is 16.5. The minimum absolute atomic E-state index is 0.0129. The van der Waals surface area contributed by atoms with E-state index in [9.17, 15) is 9.90 Å². The molecule has 0 saturated carbocycles. The Hall–Kier alpha value is -1.12. The largest absolute Gasteiger partial charge is 0.394 e. The first-order valence-electron chi connectivity index (χ1n) is 6.28. The van der Waals surface area contributed by atoms with Crippen molar-refractivity contribution in [1.29, 1.82) is 5.26 Å². The molecule has 5 heteroatoms. The van der Waals surface area contributed by atoms with Crippen LogP contribution in [-0.2, 0) is 9.53 Å². The third-order valence-electron chi connectivity index (χ3n) is 3.07. The fourth-order valence-electron chi connectivity index (χ4n) is 2.24. The average molecular weight is 254 g/mol. The third-order valence-corrected chi connectivity index (χ3v) is 3.07. The molecule has 1 aliphatic heterocycles.